The molecule has 1 amide bonds. The largest absolute Gasteiger partial charge is 0.357 e. The third kappa shape index (κ3) is 3.37. The van der Waals surface area contributed by atoms with Crippen molar-refractivity contribution >= 4 is 17.5 Å². The molecular formula is C14H15ClN2O. The zero-order valence-corrected chi connectivity index (χ0v) is 10.9. The van der Waals surface area contributed by atoms with E-state index >= 15 is 0 Å². The van der Waals surface area contributed by atoms with Crippen LogP contribution in [0.25, 0.3) is 0 Å². The van der Waals surface area contributed by atoms with E-state index in [0.29, 0.717) is 18.0 Å². The van der Waals surface area contributed by atoms with Crippen LogP contribution in [0.4, 0.5) is 0 Å². The molecule has 94 valence electrons. The molecule has 0 aliphatic rings. The Morgan fingerprint density at radius 3 is 2.78 bits per heavy atom. The lowest BCUT2D eigenvalue weighted by molar-refractivity contribution is -0.120. The molecule has 0 atom stereocenters. The molecule has 1 aromatic carbocycles. The predicted molar refractivity (Wildman–Crippen MR) is 72.4 cm³/mol. The number of halogens is 1. The number of aromatic nitrogens is 1. The van der Waals surface area contributed by atoms with Gasteiger partial charge in [-0.2, -0.15) is 0 Å². The van der Waals surface area contributed by atoms with Gasteiger partial charge in [0, 0.05) is 31.0 Å². The first-order chi connectivity index (χ1) is 8.65. The lowest BCUT2D eigenvalue weighted by Gasteiger charge is -2.06. The van der Waals surface area contributed by atoms with Crippen molar-refractivity contribution < 1.29 is 4.79 Å². The number of aryl methyl sites for hydroxylation is 1. The van der Waals surface area contributed by atoms with Crippen LogP contribution in [-0.2, 0) is 24.8 Å². The highest BCUT2D eigenvalue weighted by Gasteiger charge is 2.05. The van der Waals surface area contributed by atoms with E-state index < -0.39 is 0 Å². The van der Waals surface area contributed by atoms with Gasteiger partial charge in [0.1, 0.15) is 0 Å². The highest BCUT2D eigenvalue weighted by Crippen LogP contribution is 2.14. The van der Waals surface area contributed by atoms with Gasteiger partial charge in [-0.15, -0.1) is 0 Å². The number of benzene rings is 1. The number of hydrogen-bond donors (Lipinski definition) is 1. The van der Waals surface area contributed by atoms with Crippen LogP contribution >= 0.6 is 11.6 Å². The van der Waals surface area contributed by atoms with Gasteiger partial charge in [-0.1, -0.05) is 29.8 Å². The van der Waals surface area contributed by atoms with Gasteiger partial charge >= 0.3 is 0 Å². The Labute approximate surface area is 111 Å². The van der Waals surface area contributed by atoms with Gasteiger partial charge in [-0.25, -0.2) is 0 Å². The van der Waals surface area contributed by atoms with Crippen molar-refractivity contribution in [1.29, 1.82) is 0 Å². The summed E-state index contributed by atoms with van der Waals surface area (Å²) in [6.07, 6.45) is 4.26. The van der Waals surface area contributed by atoms with Crippen LogP contribution in [0.3, 0.4) is 0 Å². The first-order valence-corrected chi connectivity index (χ1v) is 6.14. The van der Waals surface area contributed by atoms with E-state index in [2.05, 4.69) is 5.32 Å². The van der Waals surface area contributed by atoms with E-state index in [9.17, 15) is 4.79 Å². The summed E-state index contributed by atoms with van der Waals surface area (Å²) in [6.45, 7) is 0.464. The molecule has 2 aromatic rings. The summed E-state index contributed by atoms with van der Waals surface area (Å²) in [5, 5.41) is 3.54. The maximum atomic E-state index is 11.7. The van der Waals surface area contributed by atoms with E-state index in [1.54, 1.807) is 0 Å². The first kappa shape index (κ1) is 12.7. The van der Waals surface area contributed by atoms with Gasteiger partial charge < -0.3 is 9.88 Å². The van der Waals surface area contributed by atoms with Crippen molar-refractivity contribution in [2.75, 3.05) is 0 Å². The molecule has 0 fully saturated rings. The van der Waals surface area contributed by atoms with Crippen molar-refractivity contribution in [3.63, 3.8) is 0 Å². The fourth-order valence-electron chi connectivity index (χ4n) is 1.75. The molecule has 0 bridgehead atoms. The third-order valence-corrected chi connectivity index (χ3v) is 3.06. The minimum atomic E-state index is 0.00104. The van der Waals surface area contributed by atoms with Crippen molar-refractivity contribution in [1.82, 2.24) is 9.88 Å². The molecule has 0 saturated heterocycles. The molecule has 2 rings (SSSR count). The molecule has 0 aliphatic heterocycles. The monoisotopic (exact) mass is 262 g/mol. The van der Waals surface area contributed by atoms with Crippen molar-refractivity contribution in [2.45, 2.75) is 13.0 Å². The average Bonchev–Trinajstić information content (AvgIpc) is 2.74. The summed E-state index contributed by atoms with van der Waals surface area (Å²) in [4.78, 5) is 11.7. The van der Waals surface area contributed by atoms with Crippen LogP contribution < -0.4 is 5.32 Å². The summed E-state index contributed by atoms with van der Waals surface area (Å²) >= 11 is 6.02. The quantitative estimate of drug-likeness (QED) is 0.903. The first-order valence-electron chi connectivity index (χ1n) is 5.76. The molecule has 0 saturated carbocycles. The minimum absolute atomic E-state index is 0.00104. The number of nitrogens with zero attached hydrogens (tertiary/aromatic N) is 1. The Hall–Kier alpha value is -1.74. The Morgan fingerprint density at radius 2 is 2.11 bits per heavy atom. The fourth-order valence-corrected chi connectivity index (χ4v) is 1.95. The van der Waals surface area contributed by atoms with Gasteiger partial charge in [-0.05, 0) is 23.3 Å². The lowest BCUT2D eigenvalue weighted by atomic mass is 10.2. The fraction of sp³-hybridized carbons (Fsp3) is 0.214. The lowest BCUT2D eigenvalue weighted by Crippen LogP contribution is -2.24. The molecular weight excluding hydrogens is 248 g/mol. The second kappa shape index (κ2) is 5.74. The number of amides is 1. The second-order valence-electron chi connectivity index (χ2n) is 4.23. The molecule has 1 heterocycles. The Bertz CT molecular complexity index is 548. The number of rotatable bonds is 4. The third-order valence-electron chi connectivity index (χ3n) is 2.69. The van der Waals surface area contributed by atoms with Gasteiger partial charge in [-0.3, -0.25) is 4.79 Å². The molecule has 0 unspecified atom stereocenters. The summed E-state index contributed by atoms with van der Waals surface area (Å²) in [5.41, 5.74) is 1.94. The maximum Gasteiger partial charge on any atom is 0.224 e. The summed E-state index contributed by atoms with van der Waals surface area (Å²) < 4.78 is 1.93. The van der Waals surface area contributed by atoms with Gasteiger partial charge in [0.05, 0.1) is 6.42 Å². The van der Waals surface area contributed by atoms with Crippen molar-refractivity contribution in [3.05, 3.63) is 58.9 Å². The molecule has 1 aromatic heterocycles. The molecule has 0 aliphatic carbocycles. The van der Waals surface area contributed by atoms with Gasteiger partial charge in [0.15, 0.2) is 0 Å². The molecule has 0 spiro atoms. The Balaban J connectivity index is 1.87. The van der Waals surface area contributed by atoms with E-state index in [-0.39, 0.29) is 5.91 Å². The van der Waals surface area contributed by atoms with Crippen LogP contribution in [0.5, 0.6) is 0 Å². The van der Waals surface area contributed by atoms with Crippen molar-refractivity contribution in [3.8, 4) is 0 Å². The molecule has 0 radical (unpaired) electrons. The topological polar surface area (TPSA) is 34.0 Å². The van der Waals surface area contributed by atoms with E-state index in [4.69, 9.17) is 11.6 Å². The molecule has 18 heavy (non-hydrogen) atoms. The Morgan fingerprint density at radius 1 is 1.33 bits per heavy atom. The van der Waals surface area contributed by atoms with E-state index in [1.165, 1.54) is 0 Å². The van der Waals surface area contributed by atoms with E-state index in [1.807, 2.05) is 54.3 Å². The number of hydrogen-bond acceptors (Lipinski definition) is 1. The standard InChI is InChI=1S/C14H15ClN2O/c1-17-7-6-11(10-17)8-14(18)16-9-12-4-2-3-5-13(12)15/h2-7,10H,8-9H2,1H3,(H,16,18). The smallest absolute Gasteiger partial charge is 0.224 e. The zero-order valence-electron chi connectivity index (χ0n) is 10.2. The highest BCUT2D eigenvalue weighted by atomic mass is 35.5. The van der Waals surface area contributed by atoms with E-state index in [0.717, 1.165) is 11.1 Å². The maximum absolute atomic E-state index is 11.7. The minimum Gasteiger partial charge on any atom is -0.357 e. The zero-order chi connectivity index (χ0) is 13.0. The van der Waals surface area contributed by atoms with Crippen LogP contribution in [0, 0.1) is 0 Å². The number of carbonyl (C=O) groups is 1. The summed E-state index contributed by atoms with van der Waals surface area (Å²) in [5.74, 6) is 0.00104. The van der Waals surface area contributed by atoms with Crippen LogP contribution in [-0.4, -0.2) is 10.5 Å². The average molecular weight is 263 g/mol. The molecule has 4 heteroatoms. The summed E-state index contributed by atoms with van der Waals surface area (Å²) in [7, 11) is 1.94. The molecule has 3 nitrogen and oxygen atoms in total. The molecule has 1 N–H and O–H groups in total. The predicted octanol–water partition coefficient (Wildman–Crippen LogP) is 2.54. The van der Waals surface area contributed by atoms with Crippen LogP contribution in [0.1, 0.15) is 11.1 Å². The summed E-state index contributed by atoms with van der Waals surface area (Å²) in [6, 6.07) is 9.45. The van der Waals surface area contributed by atoms with Gasteiger partial charge in [0.25, 0.3) is 0 Å². The highest BCUT2D eigenvalue weighted by molar-refractivity contribution is 6.31. The SMILES string of the molecule is Cn1ccc(CC(=O)NCc2ccccc2Cl)c1. The number of carbonyl (C=O) groups excluding carboxylic acids is 1. The van der Waals surface area contributed by atoms with Crippen LogP contribution in [0.2, 0.25) is 5.02 Å². The number of nitrogens with one attached hydrogen (secondary N) is 1. The van der Waals surface area contributed by atoms with Crippen molar-refractivity contribution in [2.24, 2.45) is 7.05 Å². The second-order valence-corrected chi connectivity index (χ2v) is 4.64. The van der Waals surface area contributed by atoms with Crippen LogP contribution in [0.15, 0.2) is 42.7 Å². The normalized spacial score (nSPS) is 10.3. The Kier molecular flexibility index (Phi) is 4.05. The van der Waals surface area contributed by atoms with Gasteiger partial charge in [0.2, 0.25) is 5.91 Å².